The van der Waals surface area contributed by atoms with Gasteiger partial charge in [0.15, 0.2) is 0 Å². The Morgan fingerprint density at radius 2 is 2.00 bits per heavy atom. The third-order valence-corrected chi connectivity index (χ3v) is 2.85. The van der Waals surface area contributed by atoms with Crippen LogP contribution in [0.3, 0.4) is 0 Å². The molecule has 0 bridgehead atoms. The van der Waals surface area contributed by atoms with Crippen LogP contribution < -0.4 is 0 Å². The summed E-state index contributed by atoms with van der Waals surface area (Å²) >= 11 is 5.82. The van der Waals surface area contributed by atoms with Gasteiger partial charge in [-0.05, 0) is 30.8 Å². The second-order valence-corrected chi connectivity index (χ2v) is 4.64. The fraction of sp³-hybridized carbons (Fsp3) is 0.214. The van der Waals surface area contributed by atoms with E-state index in [1.54, 1.807) is 18.3 Å². The van der Waals surface area contributed by atoms with Crippen molar-refractivity contribution in [2.24, 2.45) is 0 Å². The fourth-order valence-electron chi connectivity index (χ4n) is 1.83. The summed E-state index contributed by atoms with van der Waals surface area (Å²) in [5.41, 5.74) is 1.76. The first-order chi connectivity index (χ1) is 8.65. The maximum absolute atomic E-state index is 13.5. The molecule has 4 heteroatoms. The number of benzene rings is 1. The predicted octanol–water partition coefficient (Wildman–Crippen LogP) is 3.51. The van der Waals surface area contributed by atoms with Crippen molar-refractivity contribution >= 4 is 11.6 Å². The summed E-state index contributed by atoms with van der Waals surface area (Å²) in [7, 11) is 1.95. The Hall–Kier alpha value is -1.45. The molecule has 0 radical (unpaired) electrons. The van der Waals surface area contributed by atoms with Gasteiger partial charge in [0.05, 0.1) is 0 Å². The van der Waals surface area contributed by atoms with Gasteiger partial charge in [-0.1, -0.05) is 29.8 Å². The van der Waals surface area contributed by atoms with Crippen molar-refractivity contribution in [2.75, 3.05) is 7.05 Å². The first-order valence-electron chi connectivity index (χ1n) is 5.67. The van der Waals surface area contributed by atoms with Gasteiger partial charge < -0.3 is 0 Å². The van der Waals surface area contributed by atoms with Crippen molar-refractivity contribution < 1.29 is 4.39 Å². The molecular formula is C14H14ClFN2. The number of halogens is 2. The van der Waals surface area contributed by atoms with Crippen molar-refractivity contribution in [3.05, 3.63) is 64.7 Å². The van der Waals surface area contributed by atoms with Gasteiger partial charge >= 0.3 is 0 Å². The van der Waals surface area contributed by atoms with E-state index >= 15 is 0 Å². The molecule has 0 aliphatic rings. The average molecular weight is 265 g/mol. The molecule has 0 saturated carbocycles. The molecule has 0 atom stereocenters. The number of hydrogen-bond acceptors (Lipinski definition) is 2. The SMILES string of the molecule is CN(Cc1ccnc(Cl)c1)Cc1ccccc1F. The molecule has 2 aromatic rings. The molecule has 18 heavy (non-hydrogen) atoms. The lowest BCUT2D eigenvalue weighted by Crippen LogP contribution is -2.18. The highest BCUT2D eigenvalue weighted by molar-refractivity contribution is 6.29. The summed E-state index contributed by atoms with van der Waals surface area (Å²) < 4.78 is 13.5. The van der Waals surface area contributed by atoms with Crippen LogP contribution in [-0.2, 0) is 13.1 Å². The molecule has 1 aromatic heterocycles. The zero-order chi connectivity index (χ0) is 13.0. The lowest BCUT2D eigenvalue weighted by atomic mass is 10.2. The molecule has 0 aliphatic heterocycles. The second-order valence-electron chi connectivity index (χ2n) is 4.25. The molecular weight excluding hydrogens is 251 g/mol. The minimum Gasteiger partial charge on any atom is -0.298 e. The molecule has 2 rings (SSSR count). The lowest BCUT2D eigenvalue weighted by molar-refractivity contribution is 0.313. The topological polar surface area (TPSA) is 16.1 Å². The van der Waals surface area contributed by atoms with Crippen LogP contribution in [0, 0.1) is 5.82 Å². The minimum atomic E-state index is -0.169. The Bertz CT molecular complexity index is 531. The molecule has 1 heterocycles. The van der Waals surface area contributed by atoms with Gasteiger partial charge in [-0.15, -0.1) is 0 Å². The van der Waals surface area contributed by atoms with Crippen LogP contribution in [0.25, 0.3) is 0 Å². The maximum atomic E-state index is 13.5. The summed E-state index contributed by atoms with van der Waals surface area (Å²) in [6, 6.07) is 10.5. The van der Waals surface area contributed by atoms with E-state index in [0.717, 1.165) is 5.56 Å². The zero-order valence-electron chi connectivity index (χ0n) is 10.1. The van der Waals surface area contributed by atoms with Crippen molar-refractivity contribution in [1.29, 1.82) is 0 Å². The van der Waals surface area contributed by atoms with Crippen molar-refractivity contribution in [2.45, 2.75) is 13.1 Å². The lowest BCUT2D eigenvalue weighted by Gasteiger charge is -2.17. The summed E-state index contributed by atoms with van der Waals surface area (Å²) in [6.45, 7) is 1.27. The van der Waals surface area contributed by atoms with Gasteiger partial charge in [-0.25, -0.2) is 9.37 Å². The van der Waals surface area contributed by atoms with Crippen LogP contribution in [0.15, 0.2) is 42.6 Å². The molecule has 94 valence electrons. The van der Waals surface area contributed by atoms with Crippen LogP contribution in [0.4, 0.5) is 4.39 Å². The van der Waals surface area contributed by atoms with E-state index in [0.29, 0.717) is 23.8 Å². The molecule has 0 saturated heterocycles. The van der Waals surface area contributed by atoms with Gasteiger partial charge in [0.2, 0.25) is 0 Å². The van der Waals surface area contributed by atoms with Crippen LogP contribution in [-0.4, -0.2) is 16.9 Å². The third kappa shape index (κ3) is 3.52. The average Bonchev–Trinajstić information content (AvgIpc) is 2.32. The largest absolute Gasteiger partial charge is 0.298 e. The molecule has 0 aliphatic carbocycles. The summed E-state index contributed by atoms with van der Waals surface area (Å²) in [5.74, 6) is -0.169. The number of aromatic nitrogens is 1. The zero-order valence-corrected chi connectivity index (χ0v) is 10.9. The summed E-state index contributed by atoms with van der Waals surface area (Å²) in [4.78, 5) is 5.96. The highest BCUT2D eigenvalue weighted by atomic mass is 35.5. The Labute approximate surface area is 111 Å². The fourth-order valence-corrected chi connectivity index (χ4v) is 2.02. The van der Waals surface area contributed by atoms with Crippen LogP contribution in [0.5, 0.6) is 0 Å². The quantitative estimate of drug-likeness (QED) is 0.786. The Balaban J connectivity index is 2.01. The predicted molar refractivity (Wildman–Crippen MR) is 70.8 cm³/mol. The van der Waals surface area contributed by atoms with E-state index in [9.17, 15) is 4.39 Å². The van der Waals surface area contributed by atoms with E-state index in [-0.39, 0.29) is 5.82 Å². The van der Waals surface area contributed by atoms with Crippen molar-refractivity contribution in [3.63, 3.8) is 0 Å². The van der Waals surface area contributed by atoms with E-state index in [4.69, 9.17) is 11.6 Å². The van der Waals surface area contributed by atoms with E-state index in [1.807, 2.05) is 30.1 Å². The number of nitrogens with zero attached hydrogens (tertiary/aromatic N) is 2. The third-order valence-electron chi connectivity index (χ3n) is 2.64. The van der Waals surface area contributed by atoms with Crippen LogP contribution in [0.2, 0.25) is 5.15 Å². The van der Waals surface area contributed by atoms with E-state index in [2.05, 4.69) is 4.98 Å². The van der Waals surface area contributed by atoms with Gasteiger partial charge in [-0.3, -0.25) is 4.90 Å². The Morgan fingerprint density at radius 3 is 2.72 bits per heavy atom. The minimum absolute atomic E-state index is 0.169. The molecule has 2 nitrogen and oxygen atoms in total. The highest BCUT2D eigenvalue weighted by Gasteiger charge is 2.06. The molecule has 0 amide bonds. The molecule has 1 aromatic carbocycles. The van der Waals surface area contributed by atoms with Gasteiger partial charge in [0.25, 0.3) is 0 Å². The maximum Gasteiger partial charge on any atom is 0.129 e. The molecule has 0 fully saturated rings. The second kappa shape index (κ2) is 5.94. The smallest absolute Gasteiger partial charge is 0.129 e. The molecule has 0 N–H and O–H groups in total. The number of pyridine rings is 1. The first-order valence-corrected chi connectivity index (χ1v) is 6.05. The Kier molecular flexibility index (Phi) is 4.28. The van der Waals surface area contributed by atoms with Crippen molar-refractivity contribution in [3.8, 4) is 0 Å². The molecule has 0 spiro atoms. The molecule has 0 unspecified atom stereocenters. The van der Waals surface area contributed by atoms with Gasteiger partial charge in [-0.2, -0.15) is 0 Å². The van der Waals surface area contributed by atoms with Crippen LogP contribution >= 0.6 is 11.6 Å². The number of rotatable bonds is 4. The normalized spacial score (nSPS) is 10.9. The summed E-state index contributed by atoms with van der Waals surface area (Å²) in [6.07, 6.45) is 1.68. The number of hydrogen-bond donors (Lipinski definition) is 0. The van der Waals surface area contributed by atoms with Gasteiger partial charge in [0, 0.05) is 24.8 Å². The van der Waals surface area contributed by atoms with Gasteiger partial charge in [0.1, 0.15) is 11.0 Å². The summed E-state index contributed by atoms with van der Waals surface area (Å²) in [5, 5.41) is 0.479. The monoisotopic (exact) mass is 264 g/mol. The Morgan fingerprint density at radius 1 is 1.22 bits per heavy atom. The van der Waals surface area contributed by atoms with Crippen LogP contribution in [0.1, 0.15) is 11.1 Å². The van der Waals surface area contributed by atoms with E-state index < -0.39 is 0 Å². The van der Waals surface area contributed by atoms with Crippen molar-refractivity contribution in [1.82, 2.24) is 9.88 Å². The first kappa shape index (κ1) is 13.0. The highest BCUT2D eigenvalue weighted by Crippen LogP contribution is 2.13. The standard InChI is InChI=1S/C14H14ClFN2/c1-18(9-11-6-7-17-14(15)8-11)10-12-4-2-3-5-13(12)16/h2-8H,9-10H2,1H3. The van der Waals surface area contributed by atoms with E-state index in [1.165, 1.54) is 6.07 Å².